The molecule has 4 nitrogen and oxygen atoms in total. The highest BCUT2D eigenvalue weighted by Gasteiger charge is 2.11. The van der Waals surface area contributed by atoms with E-state index in [4.69, 9.17) is 17.3 Å². The standard InChI is InChI=1S/C12H9ClFN3O/c13-9-6-16-4-3-8(9)12(18)17-11-2-1-7(14)5-10(11)15/h1-6H,15H2,(H,17,18). The van der Waals surface area contributed by atoms with Crippen LogP contribution < -0.4 is 11.1 Å². The SMILES string of the molecule is Nc1cc(F)ccc1NC(=O)c1ccncc1Cl. The van der Waals surface area contributed by atoms with Crippen molar-refractivity contribution in [1.29, 1.82) is 0 Å². The Bertz CT molecular complexity index is 604. The maximum absolute atomic E-state index is 12.8. The van der Waals surface area contributed by atoms with Crippen LogP contribution in [-0.4, -0.2) is 10.9 Å². The first-order valence-corrected chi connectivity index (χ1v) is 5.41. The number of hydrogen-bond donors (Lipinski definition) is 2. The molecule has 18 heavy (non-hydrogen) atoms. The number of hydrogen-bond acceptors (Lipinski definition) is 3. The van der Waals surface area contributed by atoms with Gasteiger partial charge in [-0.2, -0.15) is 0 Å². The lowest BCUT2D eigenvalue weighted by atomic mass is 10.2. The van der Waals surface area contributed by atoms with Gasteiger partial charge < -0.3 is 11.1 Å². The molecule has 0 unspecified atom stereocenters. The summed E-state index contributed by atoms with van der Waals surface area (Å²) < 4.78 is 12.8. The minimum atomic E-state index is -0.465. The fraction of sp³-hybridized carbons (Fsp3) is 0. The molecule has 1 aromatic heterocycles. The lowest BCUT2D eigenvalue weighted by Crippen LogP contribution is -2.13. The second-order valence-corrected chi connectivity index (χ2v) is 3.95. The minimum Gasteiger partial charge on any atom is -0.397 e. The summed E-state index contributed by atoms with van der Waals surface area (Å²) in [5.74, 6) is -0.895. The van der Waals surface area contributed by atoms with Crippen molar-refractivity contribution in [3.8, 4) is 0 Å². The number of aromatic nitrogens is 1. The molecule has 3 N–H and O–H groups in total. The number of rotatable bonds is 2. The third-order valence-electron chi connectivity index (χ3n) is 2.28. The fourth-order valence-electron chi connectivity index (χ4n) is 1.40. The molecule has 0 fully saturated rings. The van der Waals surface area contributed by atoms with Crippen LogP contribution in [0.1, 0.15) is 10.4 Å². The Kier molecular flexibility index (Phi) is 3.43. The van der Waals surface area contributed by atoms with Crippen molar-refractivity contribution in [3.63, 3.8) is 0 Å². The normalized spacial score (nSPS) is 10.1. The van der Waals surface area contributed by atoms with Gasteiger partial charge in [-0.1, -0.05) is 11.6 Å². The van der Waals surface area contributed by atoms with E-state index in [0.29, 0.717) is 5.69 Å². The summed E-state index contributed by atoms with van der Waals surface area (Å²) in [6.07, 6.45) is 2.82. The topological polar surface area (TPSA) is 68.0 Å². The van der Waals surface area contributed by atoms with E-state index < -0.39 is 11.7 Å². The second kappa shape index (κ2) is 5.01. The molecule has 92 valence electrons. The average Bonchev–Trinajstić information content (AvgIpc) is 2.33. The first kappa shape index (κ1) is 12.3. The molecular weight excluding hydrogens is 257 g/mol. The van der Waals surface area contributed by atoms with E-state index in [1.807, 2.05) is 0 Å². The number of nitrogens with zero attached hydrogens (tertiary/aromatic N) is 1. The molecule has 2 rings (SSSR count). The first-order valence-electron chi connectivity index (χ1n) is 5.04. The van der Waals surface area contributed by atoms with Crippen molar-refractivity contribution in [2.24, 2.45) is 0 Å². The zero-order chi connectivity index (χ0) is 13.1. The Morgan fingerprint density at radius 3 is 2.83 bits per heavy atom. The molecule has 0 saturated heterocycles. The lowest BCUT2D eigenvalue weighted by Gasteiger charge is -2.08. The van der Waals surface area contributed by atoms with Crippen molar-refractivity contribution in [3.05, 3.63) is 53.1 Å². The number of benzene rings is 1. The van der Waals surface area contributed by atoms with Gasteiger partial charge in [-0.05, 0) is 24.3 Å². The number of amides is 1. The van der Waals surface area contributed by atoms with Crippen LogP contribution in [0.25, 0.3) is 0 Å². The highest BCUT2D eigenvalue weighted by atomic mass is 35.5. The largest absolute Gasteiger partial charge is 0.397 e. The molecule has 6 heteroatoms. The quantitative estimate of drug-likeness (QED) is 0.821. The van der Waals surface area contributed by atoms with E-state index in [2.05, 4.69) is 10.3 Å². The number of nitrogen functional groups attached to an aromatic ring is 1. The van der Waals surface area contributed by atoms with Gasteiger partial charge in [0.1, 0.15) is 5.82 Å². The number of nitrogens with two attached hydrogens (primary N) is 1. The number of pyridine rings is 1. The van der Waals surface area contributed by atoms with Gasteiger partial charge >= 0.3 is 0 Å². The maximum Gasteiger partial charge on any atom is 0.257 e. The Morgan fingerprint density at radius 1 is 1.39 bits per heavy atom. The summed E-state index contributed by atoms with van der Waals surface area (Å²) in [5, 5.41) is 2.78. The molecule has 0 aliphatic rings. The van der Waals surface area contributed by atoms with Crippen molar-refractivity contribution in [1.82, 2.24) is 4.98 Å². The Morgan fingerprint density at radius 2 is 2.17 bits per heavy atom. The van der Waals surface area contributed by atoms with Crippen molar-refractivity contribution < 1.29 is 9.18 Å². The highest BCUT2D eigenvalue weighted by Crippen LogP contribution is 2.21. The monoisotopic (exact) mass is 265 g/mol. The Hall–Kier alpha value is -2.14. The molecule has 0 aliphatic carbocycles. The summed E-state index contributed by atoms with van der Waals surface area (Å²) in [6.45, 7) is 0. The summed E-state index contributed by atoms with van der Waals surface area (Å²) in [4.78, 5) is 15.7. The average molecular weight is 266 g/mol. The molecule has 1 amide bonds. The van der Waals surface area contributed by atoms with Gasteiger partial charge in [0.15, 0.2) is 0 Å². The van der Waals surface area contributed by atoms with Crippen LogP contribution in [0.3, 0.4) is 0 Å². The molecule has 0 aliphatic heterocycles. The third-order valence-corrected chi connectivity index (χ3v) is 2.58. The van der Waals surface area contributed by atoms with Crippen molar-refractivity contribution in [2.75, 3.05) is 11.1 Å². The van der Waals surface area contributed by atoms with Crippen molar-refractivity contribution in [2.45, 2.75) is 0 Å². The smallest absolute Gasteiger partial charge is 0.257 e. The van der Waals surface area contributed by atoms with Gasteiger partial charge in [0.2, 0.25) is 0 Å². The predicted octanol–water partition coefficient (Wildman–Crippen LogP) is 2.71. The Labute approximate surface area is 108 Å². The number of halogens is 2. The van der Waals surface area contributed by atoms with Gasteiger partial charge in [0, 0.05) is 12.4 Å². The maximum atomic E-state index is 12.8. The van der Waals surface area contributed by atoms with Crippen LogP contribution in [0.5, 0.6) is 0 Å². The van der Waals surface area contributed by atoms with Crippen LogP contribution in [0.15, 0.2) is 36.7 Å². The second-order valence-electron chi connectivity index (χ2n) is 3.54. The molecule has 1 heterocycles. The molecule has 0 atom stereocenters. The Balaban J connectivity index is 2.24. The third kappa shape index (κ3) is 2.57. The van der Waals surface area contributed by atoms with Crippen LogP contribution in [0, 0.1) is 5.82 Å². The lowest BCUT2D eigenvalue weighted by molar-refractivity contribution is 0.102. The van der Waals surface area contributed by atoms with E-state index >= 15 is 0 Å². The van der Waals surface area contributed by atoms with Crippen molar-refractivity contribution >= 4 is 28.9 Å². The summed E-state index contributed by atoms with van der Waals surface area (Å²) in [6, 6.07) is 5.21. The molecule has 0 bridgehead atoms. The van der Waals surface area contributed by atoms with E-state index in [1.165, 1.54) is 30.6 Å². The van der Waals surface area contributed by atoms with Gasteiger partial charge in [-0.3, -0.25) is 9.78 Å². The molecule has 0 saturated carbocycles. The molecule has 2 aromatic rings. The molecule has 0 spiro atoms. The van der Waals surface area contributed by atoms with Gasteiger partial charge in [-0.15, -0.1) is 0 Å². The number of anilines is 2. The van der Waals surface area contributed by atoms with Crippen LogP contribution in [0.2, 0.25) is 5.02 Å². The zero-order valence-electron chi connectivity index (χ0n) is 9.15. The van der Waals surface area contributed by atoms with E-state index in [-0.39, 0.29) is 16.3 Å². The van der Waals surface area contributed by atoms with Crippen LogP contribution in [0.4, 0.5) is 15.8 Å². The first-order chi connectivity index (χ1) is 8.58. The predicted molar refractivity (Wildman–Crippen MR) is 68.0 cm³/mol. The van der Waals surface area contributed by atoms with Gasteiger partial charge in [0.05, 0.1) is 22.0 Å². The van der Waals surface area contributed by atoms with E-state index in [9.17, 15) is 9.18 Å². The number of carbonyl (C=O) groups is 1. The van der Waals surface area contributed by atoms with Crippen LogP contribution in [-0.2, 0) is 0 Å². The molecule has 1 aromatic carbocycles. The van der Waals surface area contributed by atoms with Gasteiger partial charge in [0.25, 0.3) is 5.91 Å². The highest BCUT2D eigenvalue weighted by molar-refractivity contribution is 6.34. The fourth-order valence-corrected chi connectivity index (χ4v) is 1.60. The van der Waals surface area contributed by atoms with Gasteiger partial charge in [-0.25, -0.2) is 4.39 Å². The van der Waals surface area contributed by atoms with E-state index in [1.54, 1.807) is 0 Å². The summed E-state index contributed by atoms with van der Waals surface area (Å²) >= 11 is 5.84. The summed E-state index contributed by atoms with van der Waals surface area (Å²) in [7, 11) is 0. The minimum absolute atomic E-state index is 0.147. The molecule has 0 radical (unpaired) electrons. The summed E-state index contributed by atoms with van der Waals surface area (Å²) in [5.41, 5.74) is 6.33. The number of carbonyl (C=O) groups excluding carboxylic acids is 1. The van der Waals surface area contributed by atoms with E-state index in [0.717, 1.165) is 6.07 Å². The number of nitrogens with one attached hydrogen (secondary N) is 1. The van der Waals surface area contributed by atoms with Crippen LogP contribution >= 0.6 is 11.6 Å². The zero-order valence-corrected chi connectivity index (χ0v) is 9.91. The molecular formula is C12H9ClFN3O.